The SMILES string of the molecule is FC1(F)CC[C@@H]2C[C@@]21CBr. The molecule has 2 aliphatic rings. The zero-order valence-electron chi connectivity index (χ0n) is 5.54. The molecule has 0 heterocycles. The first-order valence-electron chi connectivity index (χ1n) is 3.56. The van der Waals surface area contributed by atoms with Crippen molar-refractivity contribution in [3.63, 3.8) is 0 Å². The second kappa shape index (κ2) is 1.74. The van der Waals surface area contributed by atoms with Gasteiger partial charge in [-0.1, -0.05) is 15.9 Å². The summed E-state index contributed by atoms with van der Waals surface area (Å²) in [7, 11) is 0. The van der Waals surface area contributed by atoms with Gasteiger partial charge in [0.15, 0.2) is 0 Å². The van der Waals surface area contributed by atoms with E-state index in [4.69, 9.17) is 0 Å². The molecule has 0 amide bonds. The number of hydrogen-bond acceptors (Lipinski definition) is 0. The average Bonchev–Trinajstić information content (AvgIpc) is 2.54. The Morgan fingerprint density at radius 2 is 2.20 bits per heavy atom. The number of fused-ring (bicyclic) bond motifs is 1. The maximum absolute atomic E-state index is 13.0. The van der Waals surface area contributed by atoms with E-state index >= 15 is 0 Å². The maximum atomic E-state index is 13.0. The fourth-order valence-corrected chi connectivity index (χ4v) is 3.17. The van der Waals surface area contributed by atoms with Crippen LogP contribution in [0.25, 0.3) is 0 Å². The zero-order valence-corrected chi connectivity index (χ0v) is 7.13. The van der Waals surface area contributed by atoms with Crippen LogP contribution in [0.3, 0.4) is 0 Å². The summed E-state index contributed by atoms with van der Waals surface area (Å²) in [6, 6.07) is 0. The minimum Gasteiger partial charge on any atom is -0.206 e. The Morgan fingerprint density at radius 1 is 1.50 bits per heavy atom. The molecule has 0 unspecified atom stereocenters. The highest BCUT2D eigenvalue weighted by atomic mass is 79.9. The smallest absolute Gasteiger partial charge is 0.206 e. The minimum absolute atomic E-state index is 0.114. The normalized spacial score (nSPS) is 48.9. The van der Waals surface area contributed by atoms with Crippen LogP contribution in [0.1, 0.15) is 19.3 Å². The van der Waals surface area contributed by atoms with Crippen LogP contribution >= 0.6 is 15.9 Å². The van der Waals surface area contributed by atoms with Gasteiger partial charge in [0.2, 0.25) is 0 Å². The van der Waals surface area contributed by atoms with E-state index in [1.807, 2.05) is 0 Å². The lowest BCUT2D eigenvalue weighted by molar-refractivity contribution is -0.0522. The van der Waals surface area contributed by atoms with Crippen molar-refractivity contribution in [3.05, 3.63) is 0 Å². The van der Waals surface area contributed by atoms with Gasteiger partial charge < -0.3 is 0 Å². The monoisotopic (exact) mass is 210 g/mol. The van der Waals surface area contributed by atoms with Gasteiger partial charge in [-0.05, 0) is 18.8 Å². The highest BCUT2D eigenvalue weighted by Crippen LogP contribution is 2.70. The van der Waals surface area contributed by atoms with E-state index in [-0.39, 0.29) is 6.42 Å². The second-order valence-corrected chi connectivity index (χ2v) is 3.99. The van der Waals surface area contributed by atoms with Gasteiger partial charge >= 0.3 is 0 Å². The molecule has 58 valence electrons. The average molecular weight is 211 g/mol. The van der Waals surface area contributed by atoms with E-state index < -0.39 is 11.3 Å². The molecule has 0 bridgehead atoms. The van der Waals surface area contributed by atoms with Crippen molar-refractivity contribution in [2.24, 2.45) is 11.3 Å². The lowest BCUT2D eigenvalue weighted by atomic mass is 10.0. The van der Waals surface area contributed by atoms with Gasteiger partial charge in [0.25, 0.3) is 5.92 Å². The lowest BCUT2D eigenvalue weighted by Crippen LogP contribution is -2.27. The number of alkyl halides is 3. The molecule has 0 spiro atoms. The van der Waals surface area contributed by atoms with Gasteiger partial charge in [0.05, 0.1) is 0 Å². The standard InChI is InChI=1S/C7H9BrF2/c8-4-6-3-5(6)1-2-7(6,9)10/h5H,1-4H2/t5-,6-/m1/s1. The number of halogens is 3. The zero-order chi connectivity index (χ0) is 7.41. The molecule has 10 heavy (non-hydrogen) atoms. The Hall–Kier alpha value is 0.340. The first-order chi connectivity index (χ1) is 4.62. The largest absolute Gasteiger partial charge is 0.254 e. The Balaban J connectivity index is 2.24. The van der Waals surface area contributed by atoms with E-state index in [9.17, 15) is 8.78 Å². The fourth-order valence-electron chi connectivity index (χ4n) is 2.07. The summed E-state index contributed by atoms with van der Waals surface area (Å²) >= 11 is 3.17. The van der Waals surface area contributed by atoms with Gasteiger partial charge in [-0.2, -0.15) is 0 Å². The first-order valence-corrected chi connectivity index (χ1v) is 4.68. The first kappa shape index (κ1) is 7.01. The predicted octanol–water partition coefficient (Wildman–Crippen LogP) is 2.82. The summed E-state index contributed by atoms with van der Waals surface area (Å²) in [5.41, 5.74) is -0.618. The van der Waals surface area contributed by atoms with Crippen LogP contribution in [0.4, 0.5) is 8.78 Å². The minimum atomic E-state index is -2.37. The van der Waals surface area contributed by atoms with Crippen LogP contribution in [0.2, 0.25) is 0 Å². The summed E-state index contributed by atoms with van der Waals surface area (Å²) < 4.78 is 26.0. The van der Waals surface area contributed by atoms with Crippen molar-refractivity contribution >= 4 is 15.9 Å². The predicted molar refractivity (Wildman–Crippen MR) is 38.5 cm³/mol. The molecule has 0 N–H and O–H groups in total. The lowest BCUT2D eigenvalue weighted by Gasteiger charge is -2.19. The highest BCUT2D eigenvalue weighted by molar-refractivity contribution is 9.09. The second-order valence-electron chi connectivity index (χ2n) is 3.43. The summed E-state index contributed by atoms with van der Waals surface area (Å²) in [6.45, 7) is 0. The van der Waals surface area contributed by atoms with Gasteiger partial charge in [0, 0.05) is 17.2 Å². The molecule has 0 aromatic rings. The Kier molecular flexibility index (Phi) is 1.22. The molecular weight excluding hydrogens is 202 g/mol. The van der Waals surface area contributed by atoms with Crippen LogP contribution in [0.15, 0.2) is 0 Å². The Labute approximate surface area is 67.1 Å². The summed E-state index contributed by atoms with van der Waals surface area (Å²) in [5.74, 6) is -2.05. The molecule has 2 atom stereocenters. The molecular formula is C7H9BrF2. The Bertz CT molecular complexity index is 165. The third-order valence-electron chi connectivity index (χ3n) is 3.01. The molecule has 0 radical (unpaired) electrons. The highest BCUT2D eigenvalue weighted by Gasteiger charge is 2.72. The third-order valence-corrected chi connectivity index (χ3v) is 4.01. The number of hydrogen-bond donors (Lipinski definition) is 0. The summed E-state index contributed by atoms with van der Waals surface area (Å²) in [5, 5.41) is 0.484. The van der Waals surface area contributed by atoms with Crippen molar-refractivity contribution in [2.45, 2.75) is 25.2 Å². The van der Waals surface area contributed by atoms with Crippen molar-refractivity contribution in [1.29, 1.82) is 0 Å². The Morgan fingerprint density at radius 3 is 2.40 bits per heavy atom. The van der Waals surface area contributed by atoms with Crippen LogP contribution in [-0.4, -0.2) is 11.3 Å². The number of rotatable bonds is 1. The van der Waals surface area contributed by atoms with Gasteiger partial charge in [-0.3, -0.25) is 0 Å². The molecule has 0 nitrogen and oxygen atoms in total. The van der Waals surface area contributed by atoms with Crippen LogP contribution in [0.5, 0.6) is 0 Å². The molecule has 0 aliphatic heterocycles. The summed E-state index contributed by atoms with van der Waals surface area (Å²) in [4.78, 5) is 0. The topological polar surface area (TPSA) is 0 Å². The van der Waals surface area contributed by atoms with E-state index in [1.165, 1.54) is 0 Å². The van der Waals surface area contributed by atoms with Gasteiger partial charge in [-0.25, -0.2) is 8.78 Å². The molecule has 3 heteroatoms. The van der Waals surface area contributed by atoms with Gasteiger partial charge in [-0.15, -0.1) is 0 Å². The van der Waals surface area contributed by atoms with E-state index in [0.29, 0.717) is 11.2 Å². The quantitative estimate of drug-likeness (QED) is 0.585. The van der Waals surface area contributed by atoms with Crippen LogP contribution in [0, 0.1) is 11.3 Å². The van der Waals surface area contributed by atoms with Crippen molar-refractivity contribution < 1.29 is 8.78 Å². The van der Waals surface area contributed by atoms with Crippen LogP contribution < -0.4 is 0 Å². The molecule has 2 rings (SSSR count). The van der Waals surface area contributed by atoms with Crippen molar-refractivity contribution in [2.75, 3.05) is 5.33 Å². The molecule has 0 aromatic heterocycles. The molecule has 0 aromatic carbocycles. The summed E-state index contributed by atoms with van der Waals surface area (Å²) in [6.07, 6.45) is 1.59. The molecule has 2 saturated carbocycles. The molecule has 2 fully saturated rings. The fraction of sp³-hybridized carbons (Fsp3) is 1.00. The van der Waals surface area contributed by atoms with Gasteiger partial charge in [0.1, 0.15) is 0 Å². The third kappa shape index (κ3) is 0.601. The van der Waals surface area contributed by atoms with Crippen LogP contribution in [-0.2, 0) is 0 Å². The van der Waals surface area contributed by atoms with Crippen molar-refractivity contribution in [3.8, 4) is 0 Å². The molecule has 0 saturated heterocycles. The maximum Gasteiger partial charge on any atom is 0.254 e. The van der Waals surface area contributed by atoms with E-state index in [2.05, 4.69) is 15.9 Å². The van der Waals surface area contributed by atoms with Crippen molar-refractivity contribution in [1.82, 2.24) is 0 Å². The van der Waals surface area contributed by atoms with E-state index in [1.54, 1.807) is 0 Å². The van der Waals surface area contributed by atoms with E-state index in [0.717, 1.165) is 12.8 Å². The molecule has 2 aliphatic carbocycles.